The molecule has 0 unspecified atom stereocenters. The van der Waals surface area contributed by atoms with Crippen molar-refractivity contribution in [2.45, 2.75) is 13.8 Å². The molecular weight excluding hydrogens is 287 g/mol. The summed E-state index contributed by atoms with van der Waals surface area (Å²) in [4.78, 5) is 16.3. The fraction of sp³-hybridized carbons (Fsp3) is 0.125. The van der Waals surface area contributed by atoms with Crippen LogP contribution >= 0.6 is 0 Å². The van der Waals surface area contributed by atoms with E-state index in [4.69, 9.17) is 8.83 Å². The van der Waals surface area contributed by atoms with Gasteiger partial charge in [0, 0.05) is 5.69 Å². The largest absolute Gasteiger partial charge is 0.458 e. The van der Waals surface area contributed by atoms with E-state index in [1.54, 1.807) is 26.0 Å². The summed E-state index contributed by atoms with van der Waals surface area (Å²) >= 11 is 0. The number of oxazole rings is 1. The SMILES string of the molecule is Cc1ccc(-c2ocnc2C(=O)Nc2ccc(F)cc2C)o1. The van der Waals surface area contributed by atoms with Gasteiger partial charge < -0.3 is 14.2 Å². The van der Waals surface area contributed by atoms with E-state index in [0.29, 0.717) is 22.8 Å². The van der Waals surface area contributed by atoms with Crippen LogP contribution in [0, 0.1) is 19.7 Å². The number of hydrogen-bond acceptors (Lipinski definition) is 4. The Balaban J connectivity index is 1.89. The number of carbonyl (C=O) groups excluding carboxylic acids is 1. The second-order valence-electron chi connectivity index (χ2n) is 4.85. The van der Waals surface area contributed by atoms with Crippen LogP contribution in [0.15, 0.2) is 45.6 Å². The van der Waals surface area contributed by atoms with Gasteiger partial charge in [0.25, 0.3) is 5.91 Å². The number of furan rings is 1. The van der Waals surface area contributed by atoms with Crippen molar-refractivity contribution in [3.8, 4) is 11.5 Å². The van der Waals surface area contributed by atoms with Gasteiger partial charge in [0.2, 0.25) is 5.76 Å². The van der Waals surface area contributed by atoms with Gasteiger partial charge in [-0.15, -0.1) is 0 Å². The van der Waals surface area contributed by atoms with Crippen molar-refractivity contribution in [2.24, 2.45) is 0 Å². The maximum atomic E-state index is 13.1. The number of carbonyl (C=O) groups is 1. The summed E-state index contributed by atoms with van der Waals surface area (Å²) in [6.45, 7) is 3.50. The van der Waals surface area contributed by atoms with Crippen molar-refractivity contribution in [2.75, 3.05) is 5.32 Å². The third-order valence-electron chi connectivity index (χ3n) is 3.18. The van der Waals surface area contributed by atoms with Crippen LogP contribution in [-0.2, 0) is 0 Å². The van der Waals surface area contributed by atoms with E-state index in [1.165, 1.54) is 24.6 Å². The van der Waals surface area contributed by atoms with Gasteiger partial charge in [-0.25, -0.2) is 9.37 Å². The topological polar surface area (TPSA) is 68.3 Å². The first kappa shape index (κ1) is 14.1. The van der Waals surface area contributed by atoms with E-state index in [-0.39, 0.29) is 17.3 Å². The Hall–Kier alpha value is -2.89. The van der Waals surface area contributed by atoms with Gasteiger partial charge in [-0.2, -0.15) is 0 Å². The van der Waals surface area contributed by atoms with E-state index >= 15 is 0 Å². The predicted octanol–water partition coefficient (Wildman–Crippen LogP) is 3.94. The average Bonchev–Trinajstić information content (AvgIpc) is 3.10. The normalized spacial score (nSPS) is 10.7. The second kappa shape index (κ2) is 5.48. The summed E-state index contributed by atoms with van der Waals surface area (Å²) < 4.78 is 23.8. The molecule has 0 aliphatic heterocycles. The van der Waals surface area contributed by atoms with Crippen molar-refractivity contribution in [3.05, 3.63) is 59.6 Å². The molecule has 3 rings (SSSR count). The number of aromatic nitrogens is 1. The van der Waals surface area contributed by atoms with Crippen LogP contribution in [-0.4, -0.2) is 10.9 Å². The average molecular weight is 300 g/mol. The van der Waals surface area contributed by atoms with E-state index in [0.717, 1.165) is 0 Å². The summed E-state index contributed by atoms with van der Waals surface area (Å²) in [5.41, 5.74) is 1.24. The fourth-order valence-corrected chi connectivity index (χ4v) is 2.09. The van der Waals surface area contributed by atoms with Crippen LogP contribution in [0.2, 0.25) is 0 Å². The number of amides is 1. The zero-order valence-corrected chi connectivity index (χ0v) is 12.0. The minimum atomic E-state index is -0.451. The third kappa shape index (κ3) is 2.63. The molecule has 1 amide bonds. The quantitative estimate of drug-likeness (QED) is 0.795. The molecule has 0 radical (unpaired) electrons. The van der Waals surface area contributed by atoms with Crippen LogP contribution in [0.3, 0.4) is 0 Å². The van der Waals surface area contributed by atoms with Crippen LogP contribution in [0.4, 0.5) is 10.1 Å². The van der Waals surface area contributed by atoms with E-state index < -0.39 is 5.91 Å². The molecule has 0 aliphatic carbocycles. The highest BCUT2D eigenvalue weighted by Gasteiger charge is 2.21. The lowest BCUT2D eigenvalue weighted by Gasteiger charge is -2.07. The summed E-state index contributed by atoms with van der Waals surface area (Å²) in [6, 6.07) is 7.59. The molecule has 1 aromatic carbocycles. The Bertz CT molecular complexity index is 836. The second-order valence-corrected chi connectivity index (χ2v) is 4.85. The molecule has 3 aromatic rings. The number of nitrogens with zero attached hydrogens (tertiary/aromatic N) is 1. The molecule has 0 saturated heterocycles. The van der Waals surface area contributed by atoms with Crippen LogP contribution in [0.1, 0.15) is 21.8 Å². The zero-order valence-electron chi connectivity index (χ0n) is 12.0. The summed E-state index contributed by atoms with van der Waals surface area (Å²) in [6.07, 6.45) is 1.18. The predicted molar refractivity (Wildman–Crippen MR) is 78.0 cm³/mol. The van der Waals surface area contributed by atoms with E-state index in [9.17, 15) is 9.18 Å². The first-order chi connectivity index (χ1) is 10.5. The molecule has 1 N–H and O–H groups in total. The standard InChI is InChI=1S/C16H13FN2O3/c1-9-7-11(17)4-5-12(9)19-16(20)14-15(21-8-18-14)13-6-3-10(2)22-13/h3-8H,1-2H3,(H,19,20). The van der Waals surface area contributed by atoms with Crippen LogP contribution in [0.5, 0.6) is 0 Å². The Labute approximate surface area is 125 Å². The first-order valence-electron chi connectivity index (χ1n) is 6.62. The third-order valence-corrected chi connectivity index (χ3v) is 3.18. The molecule has 0 aliphatic rings. The maximum Gasteiger partial charge on any atom is 0.278 e. The lowest BCUT2D eigenvalue weighted by molar-refractivity contribution is 0.102. The summed E-state index contributed by atoms with van der Waals surface area (Å²) in [5.74, 6) is 0.574. The van der Waals surface area contributed by atoms with Crippen LogP contribution in [0.25, 0.3) is 11.5 Å². The lowest BCUT2D eigenvalue weighted by atomic mass is 10.2. The minimum Gasteiger partial charge on any atom is -0.458 e. The summed E-state index contributed by atoms with van der Waals surface area (Å²) in [5, 5.41) is 2.69. The molecule has 0 saturated carbocycles. The molecule has 22 heavy (non-hydrogen) atoms. The van der Waals surface area contributed by atoms with Gasteiger partial charge in [-0.3, -0.25) is 4.79 Å². The van der Waals surface area contributed by atoms with Crippen molar-refractivity contribution in [1.29, 1.82) is 0 Å². The maximum absolute atomic E-state index is 13.1. The van der Waals surface area contributed by atoms with Gasteiger partial charge in [-0.1, -0.05) is 0 Å². The number of anilines is 1. The molecule has 0 atom stereocenters. The van der Waals surface area contributed by atoms with Crippen molar-refractivity contribution in [3.63, 3.8) is 0 Å². The highest BCUT2D eigenvalue weighted by atomic mass is 19.1. The highest BCUT2D eigenvalue weighted by molar-refractivity contribution is 6.06. The molecule has 6 heteroatoms. The zero-order chi connectivity index (χ0) is 15.7. The van der Waals surface area contributed by atoms with Gasteiger partial charge in [0.1, 0.15) is 11.6 Å². The monoisotopic (exact) mass is 300 g/mol. The smallest absolute Gasteiger partial charge is 0.278 e. The van der Waals surface area contributed by atoms with E-state index in [1.807, 2.05) is 0 Å². The minimum absolute atomic E-state index is 0.109. The van der Waals surface area contributed by atoms with Gasteiger partial charge in [0.15, 0.2) is 17.8 Å². The van der Waals surface area contributed by atoms with Crippen molar-refractivity contribution < 1.29 is 18.0 Å². The van der Waals surface area contributed by atoms with E-state index in [2.05, 4.69) is 10.3 Å². The molecule has 5 nitrogen and oxygen atoms in total. The molecule has 0 spiro atoms. The number of aryl methyl sites for hydroxylation is 2. The Morgan fingerprint density at radius 1 is 1.23 bits per heavy atom. The molecule has 0 fully saturated rings. The number of rotatable bonds is 3. The van der Waals surface area contributed by atoms with Gasteiger partial charge in [-0.05, 0) is 49.7 Å². The number of hydrogen-bond donors (Lipinski definition) is 1. The highest BCUT2D eigenvalue weighted by Crippen LogP contribution is 2.26. The lowest BCUT2D eigenvalue weighted by Crippen LogP contribution is -2.14. The van der Waals surface area contributed by atoms with Crippen molar-refractivity contribution >= 4 is 11.6 Å². The van der Waals surface area contributed by atoms with Crippen LogP contribution < -0.4 is 5.32 Å². The molecule has 112 valence electrons. The first-order valence-corrected chi connectivity index (χ1v) is 6.62. The van der Waals surface area contributed by atoms with Gasteiger partial charge >= 0.3 is 0 Å². The number of nitrogens with one attached hydrogen (secondary N) is 1. The molecule has 2 heterocycles. The Morgan fingerprint density at radius 3 is 2.73 bits per heavy atom. The Kier molecular flexibility index (Phi) is 3.50. The van der Waals surface area contributed by atoms with Crippen molar-refractivity contribution in [1.82, 2.24) is 4.98 Å². The molecule has 0 bridgehead atoms. The Morgan fingerprint density at radius 2 is 2.05 bits per heavy atom. The molecular formula is C16H13FN2O3. The molecule has 2 aromatic heterocycles. The summed E-state index contributed by atoms with van der Waals surface area (Å²) in [7, 11) is 0. The van der Waals surface area contributed by atoms with Gasteiger partial charge in [0.05, 0.1) is 0 Å². The number of halogens is 1. The fourth-order valence-electron chi connectivity index (χ4n) is 2.09. The number of benzene rings is 1.